The number of rotatable bonds is 7. The smallest absolute Gasteiger partial charge is 0.216 e. The number of hydrogen-bond donors (Lipinski definition) is 2. The molecule has 2 rings (SSSR count). The van der Waals surface area contributed by atoms with Crippen LogP contribution in [0, 0.1) is 5.92 Å². The molecule has 26 heavy (non-hydrogen) atoms. The van der Waals surface area contributed by atoms with Crippen molar-refractivity contribution in [2.24, 2.45) is 5.92 Å². The number of hydrogen-bond acceptors (Lipinski definition) is 3. The number of anilines is 1. The third-order valence-electron chi connectivity index (χ3n) is 5.66. The van der Waals surface area contributed by atoms with Gasteiger partial charge in [-0.2, -0.15) is 0 Å². The second-order valence-electron chi connectivity index (χ2n) is 8.76. The van der Waals surface area contributed by atoms with E-state index in [2.05, 4.69) is 48.2 Å². The third-order valence-corrected chi connectivity index (χ3v) is 7.92. The lowest BCUT2D eigenvalue weighted by Crippen LogP contribution is -2.46. The minimum Gasteiger partial charge on any atom is -0.385 e. The summed E-state index contributed by atoms with van der Waals surface area (Å²) in [7, 11) is -3.25. The van der Waals surface area contributed by atoms with E-state index >= 15 is 0 Å². The van der Waals surface area contributed by atoms with Gasteiger partial charge in [0.1, 0.15) is 0 Å². The summed E-state index contributed by atoms with van der Waals surface area (Å²) >= 11 is 0. The Hall–Kier alpha value is -1.07. The van der Waals surface area contributed by atoms with Gasteiger partial charge in [-0.3, -0.25) is 0 Å². The molecule has 0 spiro atoms. The Kier molecular flexibility index (Phi) is 7.14. The van der Waals surface area contributed by atoms with Crippen molar-refractivity contribution in [1.82, 2.24) is 4.72 Å². The van der Waals surface area contributed by atoms with Gasteiger partial charge in [-0.15, -0.1) is 0 Å². The van der Waals surface area contributed by atoms with Gasteiger partial charge >= 0.3 is 0 Å². The molecule has 1 fully saturated rings. The molecule has 0 aliphatic heterocycles. The predicted molar refractivity (Wildman–Crippen MR) is 111 cm³/mol. The average molecular weight is 381 g/mol. The Morgan fingerprint density at radius 3 is 2.15 bits per heavy atom. The molecule has 1 unspecified atom stereocenters. The maximum absolute atomic E-state index is 12.3. The molecule has 1 saturated carbocycles. The third kappa shape index (κ3) is 5.71. The van der Waals surface area contributed by atoms with Crippen LogP contribution >= 0.6 is 0 Å². The monoisotopic (exact) mass is 380 g/mol. The molecule has 5 heteroatoms. The van der Waals surface area contributed by atoms with Crippen molar-refractivity contribution in [3.05, 3.63) is 29.8 Å². The molecule has 1 atom stereocenters. The van der Waals surface area contributed by atoms with Crippen LogP contribution in [0.25, 0.3) is 0 Å². The standard InChI is InChI=1S/C21H36N2O2S/c1-6-16(2)18-9-13-19(14-10-18)22-15-17-7-11-20(12-8-17)23-26(24,25)21(3,4)5/h9-10,13-14,16-17,20,22-23H,6-8,11-12,15H2,1-5H3. The van der Waals surface area contributed by atoms with E-state index in [1.54, 1.807) is 20.8 Å². The van der Waals surface area contributed by atoms with Gasteiger partial charge in [0.25, 0.3) is 0 Å². The Labute approximate surface area is 160 Å². The van der Waals surface area contributed by atoms with Gasteiger partial charge in [0.05, 0.1) is 4.75 Å². The van der Waals surface area contributed by atoms with Crippen molar-refractivity contribution in [2.75, 3.05) is 11.9 Å². The van der Waals surface area contributed by atoms with E-state index in [1.165, 1.54) is 11.3 Å². The maximum atomic E-state index is 12.3. The maximum Gasteiger partial charge on any atom is 0.216 e. The fourth-order valence-electron chi connectivity index (χ4n) is 3.31. The summed E-state index contributed by atoms with van der Waals surface area (Å²) in [5, 5.41) is 3.55. The molecule has 4 nitrogen and oxygen atoms in total. The van der Waals surface area contributed by atoms with E-state index in [-0.39, 0.29) is 6.04 Å². The number of nitrogens with one attached hydrogen (secondary N) is 2. The van der Waals surface area contributed by atoms with Gasteiger partial charge in [-0.25, -0.2) is 13.1 Å². The molecular formula is C21H36N2O2S. The van der Waals surface area contributed by atoms with E-state index in [4.69, 9.17) is 0 Å². The van der Waals surface area contributed by atoms with Crippen LogP contribution in [0.5, 0.6) is 0 Å². The van der Waals surface area contributed by atoms with Gasteiger partial charge in [0.15, 0.2) is 0 Å². The summed E-state index contributed by atoms with van der Waals surface area (Å²) in [6.45, 7) is 10.7. The summed E-state index contributed by atoms with van der Waals surface area (Å²) in [6, 6.07) is 8.86. The molecule has 0 aromatic heterocycles. The topological polar surface area (TPSA) is 58.2 Å². The zero-order valence-electron chi connectivity index (χ0n) is 17.0. The van der Waals surface area contributed by atoms with E-state index in [1.807, 2.05) is 0 Å². The fraction of sp³-hybridized carbons (Fsp3) is 0.714. The molecule has 1 aliphatic rings. The second-order valence-corrected chi connectivity index (χ2v) is 11.2. The SMILES string of the molecule is CCC(C)c1ccc(NCC2CCC(NS(=O)(=O)C(C)(C)C)CC2)cc1. The predicted octanol–water partition coefficient (Wildman–Crippen LogP) is 4.89. The van der Waals surface area contributed by atoms with Crippen molar-refractivity contribution in [2.45, 2.75) is 83.4 Å². The van der Waals surface area contributed by atoms with Crippen LogP contribution < -0.4 is 10.0 Å². The highest BCUT2D eigenvalue weighted by molar-refractivity contribution is 7.90. The van der Waals surface area contributed by atoms with Gasteiger partial charge in [-0.05, 0) is 82.4 Å². The minimum absolute atomic E-state index is 0.0882. The fourth-order valence-corrected chi connectivity index (χ4v) is 4.34. The molecule has 1 aromatic carbocycles. The van der Waals surface area contributed by atoms with Crippen molar-refractivity contribution in [3.8, 4) is 0 Å². The van der Waals surface area contributed by atoms with Gasteiger partial charge in [-0.1, -0.05) is 26.0 Å². The highest BCUT2D eigenvalue weighted by atomic mass is 32.2. The summed E-state index contributed by atoms with van der Waals surface area (Å²) in [5.41, 5.74) is 2.57. The zero-order chi connectivity index (χ0) is 19.4. The van der Waals surface area contributed by atoms with Crippen molar-refractivity contribution >= 4 is 15.7 Å². The van der Waals surface area contributed by atoms with E-state index in [0.717, 1.165) is 38.6 Å². The Balaban J connectivity index is 1.77. The van der Waals surface area contributed by atoms with E-state index < -0.39 is 14.8 Å². The first-order chi connectivity index (χ1) is 12.1. The molecule has 0 bridgehead atoms. The lowest BCUT2D eigenvalue weighted by Gasteiger charge is -2.31. The lowest BCUT2D eigenvalue weighted by molar-refractivity contribution is 0.322. The molecule has 1 aromatic rings. The molecular weight excluding hydrogens is 344 g/mol. The Morgan fingerprint density at radius 1 is 1.08 bits per heavy atom. The quantitative estimate of drug-likeness (QED) is 0.708. The van der Waals surface area contributed by atoms with Crippen molar-refractivity contribution in [3.63, 3.8) is 0 Å². The van der Waals surface area contributed by atoms with Crippen LogP contribution in [0.4, 0.5) is 5.69 Å². The summed E-state index contributed by atoms with van der Waals surface area (Å²) < 4.78 is 26.7. The van der Waals surface area contributed by atoms with Crippen LogP contribution in [-0.2, 0) is 10.0 Å². The Bertz CT molecular complexity index is 654. The minimum atomic E-state index is -3.25. The molecule has 2 N–H and O–H groups in total. The molecule has 148 valence electrons. The average Bonchev–Trinajstić information content (AvgIpc) is 2.59. The molecule has 1 aliphatic carbocycles. The summed E-state index contributed by atoms with van der Waals surface area (Å²) in [4.78, 5) is 0. The van der Waals surface area contributed by atoms with Crippen LogP contribution in [0.3, 0.4) is 0 Å². The van der Waals surface area contributed by atoms with Crippen molar-refractivity contribution in [1.29, 1.82) is 0 Å². The normalized spacial score (nSPS) is 22.8. The van der Waals surface area contributed by atoms with Gasteiger partial charge in [0.2, 0.25) is 10.0 Å². The molecule has 0 saturated heterocycles. The first kappa shape index (κ1) is 21.2. The van der Waals surface area contributed by atoms with Gasteiger partial charge in [0, 0.05) is 18.3 Å². The lowest BCUT2D eigenvalue weighted by atomic mass is 9.86. The molecule has 0 radical (unpaired) electrons. The van der Waals surface area contributed by atoms with Crippen molar-refractivity contribution < 1.29 is 8.42 Å². The first-order valence-corrected chi connectivity index (χ1v) is 11.5. The van der Waals surface area contributed by atoms with E-state index in [9.17, 15) is 8.42 Å². The van der Waals surface area contributed by atoms with Gasteiger partial charge < -0.3 is 5.32 Å². The highest BCUT2D eigenvalue weighted by Gasteiger charge is 2.32. The van der Waals surface area contributed by atoms with Crippen LogP contribution in [0.1, 0.15) is 78.2 Å². The highest BCUT2D eigenvalue weighted by Crippen LogP contribution is 2.27. The molecule has 0 amide bonds. The Morgan fingerprint density at radius 2 is 1.65 bits per heavy atom. The van der Waals surface area contributed by atoms with Crippen LogP contribution in [-0.4, -0.2) is 25.8 Å². The number of benzene rings is 1. The first-order valence-electron chi connectivity index (χ1n) is 9.98. The summed E-state index contributed by atoms with van der Waals surface area (Å²) in [5.74, 6) is 1.22. The number of sulfonamides is 1. The largest absolute Gasteiger partial charge is 0.385 e. The van der Waals surface area contributed by atoms with Crippen LogP contribution in [0.2, 0.25) is 0 Å². The molecule has 0 heterocycles. The van der Waals surface area contributed by atoms with Crippen LogP contribution in [0.15, 0.2) is 24.3 Å². The second kappa shape index (κ2) is 8.75. The summed E-state index contributed by atoms with van der Waals surface area (Å²) in [6.07, 6.45) is 5.14. The zero-order valence-corrected chi connectivity index (χ0v) is 17.8. The van der Waals surface area contributed by atoms with E-state index in [0.29, 0.717) is 11.8 Å².